The number of hydrogen-bond acceptors (Lipinski definition) is 3. The Bertz CT molecular complexity index is 635. The van der Waals surface area contributed by atoms with Gasteiger partial charge in [0, 0.05) is 21.7 Å². The van der Waals surface area contributed by atoms with Crippen LogP contribution < -0.4 is 4.74 Å². The smallest absolute Gasteiger partial charge is 0.159 e. The van der Waals surface area contributed by atoms with Crippen molar-refractivity contribution in [3.8, 4) is 22.6 Å². The molecule has 0 saturated heterocycles. The number of hydrogen-bond donors (Lipinski definition) is 1. The number of rotatable bonds is 3. The highest BCUT2D eigenvalue weighted by Gasteiger charge is 2.12. The Morgan fingerprint density at radius 2 is 1.89 bits per heavy atom. The van der Waals surface area contributed by atoms with E-state index in [4.69, 9.17) is 16.3 Å². The van der Waals surface area contributed by atoms with Gasteiger partial charge in [0.25, 0.3) is 0 Å². The average Bonchev–Trinajstić information content (AvgIpc) is 2.40. The number of ketones is 1. The first kappa shape index (κ1) is 13.4. The first-order valence-electron chi connectivity index (χ1n) is 5.71. The minimum atomic E-state index is -0.0553. The highest BCUT2D eigenvalue weighted by atomic mass is 35.5. The van der Waals surface area contributed by atoms with Gasteiger partial charge in [0.15, 0.2) is 5.78 Å². The largest absolute Gasteiger partial charge is 0.507 e. The third kappa shape index (κ3) is 2.71. The van der Waals surface area contributed by atoms with Gasteiger partial charge in [-0.15, -0.1) is 0 Å². The van der Waals surface area contributed by atoms with Crippen LogP contribution in [0.1, 0.15) is 17.3 Å². The summed E-state index contributed by atoms with van der Waals surface area (Å²) in [6, 6.07) is 9.84. The molecule has 2 rings (SSSR count). The molecule has 2 aromatic rings. The van der Waals surface area contributed by atoms with Crippen LogP contribution in [0, 0.1) is 0 Å². The Hall–Kier alpha value is -2.00. The SMILES string of the molecule is COc1ccc(O)c(-c2cc(C(C)=O)ccc2Cl)c1. The molecule has 0 bridgehead atoms. The predicted molar refractivity (Wildman–Crippen MR) is 75.1 cm³/mol. The van der Waals surface area contributed by atoms with Gasteiger partial charge in [-0.05, 0) is 43.3 Å². The van der Waals surface area contributed by atoms with Crippen molar-refractivity contribution in [1.29, 1.82) is 0 Å². The van der Waals surface area contributed by atoms with Crippen LogP contribution >= 0.6 is 11.6 Å². The number of phenols is 1. The fourth-order valence-corrected chi connectivity index (χ4v) is 2.03. The first-order valence-corrected chi connectivity index (χ1v) is 6.08. The molecule has 0 aliphatic rings. The quantitative estimate of drug-likeness (QED) is 0.864. The van der Waals surface area contributed by atoms with Gasteiger partial charge in [0.2, 0.25) is 0 Å². The van der Waals surface area contributed by atoms with Gasteiger partial charge in [-0.2, -0.15) is 0 Å². The third-order valence-electron chi connectivity index (χ3n) is 2.87. The molecule has 0 heterocycles. The number of methoxy groups -OCH3 is 1. The van der Waals surface area contributed by atoms with Crippen LogP contribution in [0.3, 0.4) is 0 Å². The van der Waals surface area contributed by atoms with Crippen molar-refractivity contribution < 1.29 is 14.6 Å². The zero-order valence-electron chi connectivity index (χ0n) is 10.6. The van der Waals surface area contributed by atoms with Crippen molar-refractivity contribution in [2.24, 2.45) is 0 Å². The monoisotopic (exact) mass is 276 g/mol. The molecule has 0 aromatic heterocycles. The molecular formula is C15H13ClO3. The summed E-state index contributed by atoms with van der Waals surface area (Å²) in [6.45, 7) is 1.48. The van der Waals surface area contributed by atoms with Crippen molar-refractivity contribution in [3.05, 3.63) is 47.0 Å². The number of benzene rings is 2. The van der Waals surface area contributed by atoms with E-state index in [-0.39, 0.29) is 11.5 Å². The zero-order valence-corrected chi connectivity index (χ0v) is 11.4. The van der Waals surface area contributed by atoms with E-state index in [0.29, 0.717) is 27.5 Å². The molecule has 0 saturated carbocycles. The van der Waals surface area contributed by atoms with Crippen LogP contribution in [-0.2, 0) is 0 Å². The molecule has 0 aliphatic heterocycles. The summed E-state index contributed by atoms with van der Waals surface area (Å²) in [5.74, 6) is 0.640. The van der Waals surface area contributed by atoms with E-state index >= 15 is 0 Å². The second kappa shape index (κ2) is 5.33. The molecule has 0 unspecified atom stereocenters. The highest BCUT2D eigenvalue weighted by Crippen LogP contribution is 2.37. The van der Waals surface area contributed by atoms with Gasteiger partial charge < -0.3 is 9.84 Å². The molecule has 0 fully saturated rings. The minimum Gasteiger partial charge on any atom is -0.507 e. The summed E-state index contributed by atoms with van der Waals surface area (Å²) in [5, 5.41) is 10.4. The van der Waals surface area contributed by atoms with Gasteiger partial charge in [-0.25, -0.2) is 0 Å². The van der Waals surface area contributed by atoms with E-state index in [2.05, 4.69) is 0 Å². The second-order valence-corrected chi connectivity index (χ2v) is 4.54. The molecule has 0 amide bonds. The molecule has 19 heavy (non-hydrogen) atoms. The van der Waals surface area contributed by atoms with E-state index < -0.39 is 0 Å². The maximum Gasteiger partial charge on any atom is 0.159 e. The summed E-state index contributed by atoms with van der Waals surface area (Å²) in [6.07, 6.45) is 0. The van der Waals surface area contributed by atoms with Crippen molar-refractivity contribution in [2.45, 2.75) is 6.92 Å². The van der Waals surface area contributed by atoms with Crippen LogP contribution in [0.25, 0.3) is 11.1 Å². The topological polar surface area (TPSA) is 46.5 Å². The first-order chi connectivity index (χ1) is 9.02. The Morgan fingerprint density at radius 1 is 1.16 bits per heavy atom. The normalized spacial score (nSPS) is 10.3. The van der Waals surface area contributed by atoms with Gasteiger partial charge >= 0.3 is 0 Å². The fourth-order valence-electron chi connectivity index (χ4n) is 1.81. The number of halogens is 1. The highest BCUT2D eigenvalue weighted by molar-refractivity contribution is 6.33. The van der Waals surface area contributed by atoms with Crippen LogP contribution in [0.2, 0.25) is 5.02 Å². The molecule has 3 nitrogen and oxygen atoms in total. The van der Waals surface area contributed by atoms with Crippen LogP contribution in [-0.4, -0.2) is 18.0 Å². The summed E-state index contributed by atoms with van der Waals surface area (Å²) in [7, 11) is 1.55. The molecule has 0 atom stereocenters. The van der Waals surface area contributed by atoms with Gasteiger partial charge in [0.05, 0.1) is 7.11 Å². The van der Waals surface area contributed by atoms with Crippen molar-refractivity contribution in [1.82, 2.24) is 0 Å². The lowest BCUT2D eigenvalue weighted by Crippen LogP contribution is -1.93. The van der Waals surface area contributed by atoms with Crippen LogP contribution in [0.5, 0.6) is 11.5 Å². The standard InChI is InChI=1S/C15H13ClO3/c1-9(17)10-3-5-14(16)12(7-10)13-8-11(19-2)4-6-15(13)18/h3-8,18H,1-2H3. The Balaban J connectivity index is 2.63. The lowest BCUT2D eigenvalue weighted by atomic mass is 10.0. The van der Waals surface area contributed by atoms with E-state index in [0.717, 1.165) is 0 Å². The summed E-state index contributed by atoms with van der Waals surface area (Å²) >= 11 is 6.14. The van der Waals surface area contributed by atoms with Gasteiger partial charge in [-0.3, -0.25) is 4.79 Å². The van der Waals surface area contributed by atoms with E-state index in [1.807, 2.05) is 0 Å². The number of carbonyl (C=O) groups is 1. The number of ether oxygens (including phenoxy) is 1. The van der Waals surface area contributed by atoms with Crippen molar-refractivity contribution in [3.63, 3.8) is 0 Å². The van der Waals surface area contributed by atoms with E-state index in [9.17, 15) is 9.90 Å². The minimum absolute atomic E-state index is 0.0553. The number of aromatic hydroxyl groups is 1. The lowest BCUT2D eigenvalue weighted by Gasteiger charge is -2.10. The molecule has 4 heteroatoms. The Kier molecular flexibility index (Phi) is 3.76. The van der Waals surface area contributed by atoms with E-state index in [1.165, 1.54) is 13.0 Å². The molecule has 2 aromatic carbocycles. The number of carbonyl (C=O) groups excluding carboxylic acids is 1. The van der Waals surface area contributed by atoms with Crippen LogP contribution in [0.4, 0.5) is 0 Å². The second-order valence-electron chi connectivity index (χ2n) is 4.13. The Labute approximate surface area is 116 Å². The van der Waals surface area contributed by atoms with Gasteiger partial charge in [-0.1, -0.05) is 11.6 Å². The Morgan fingerprint density at radius 3 is 2.53 bits per heavy atom. The molecule has 0 spiro atoms. The molecule has 0 aliphatic carbocycles. The molecule has 1 N–H and O–H groups in total. The summed E-state index contributed by atoms with van der Waals surface area (Å²) in [5.41, 5.74) is 1.68. The van der Waals surface area contributed by atoms with Crippen molar-refractivity contribution >= 4 is 17.4 Å². The number of Topliss-reactive ketones (excluding diaryl/α,β-unsaturated/α-hetero) is 1. The lowest BCUT2D eigenvalue weighted by molar-refractivity contribution is 0.101. The maximum absolute atomic E-state index is 11.4. The van der Waals surface area contributed by atoms with Gasteiger partial charge in [0.1, 0.15) is 11.5 Å². The maximum atomic E-state index is 11.4. The van der Waals surface area contributed by atoms with E-state index in [1.54, 1.807) is 37.4 Å². The number of phenolic OH excluding ortho intramolecular Hbond substituents is 1. The average molecular weight is 277 g/mol. The van der Waals surface area contributed by atoms with Crippen LogP contribution in [0.15, 0.2) is 36.4 Å². The zero-order chi connectivity index (χ0) is 14.0. The third-order valence-corrected chi connectivity index (χ3v) is 3.20. The predicted octanol–water partition coefficient (Wildman–Crippen LogP) is 3.92. The molecule has 98 valence electrons. The summed E-state index contributed by atoms with van der Waals surface area (Å²) < 4.78 is 5.13. The molecular weight excluding hydrogens is 264 g/mol. The summed E-state index contributed by atoms with van der Waals surface area (Å²) in [4.78, 5) is 11.4. The fraction of sp³-hybridized carbons (Fsp3) is 0.133. The molecule has 0 radical (unpaired) electrons. The van der Waals surface area contributed by atoms with Crippen molar-refractivity contribution in [2.75, 3.05) is 7.11 Å².